The minimum atomic E-state index is 0.298. The lowest BCUT2D eigenvalue weighted by Gasteiger charge is -2.49. The van der Waals surface area contributed by atoms with Crippen LogP contribution in [-0.4, -0.2) is 36.3 Å². The second-order valence-electron chi connectivity index (χ2n) is 5.88. The van der Waals surface area contributed by atoms with E-state index < -0.39 is 0 Å². The lowest BCUT2D eigenvalue weighted by Crippen LogP contribution is -2.51. The van der Waals surface area contributed by atoms with Crippen LogP contribution in [-0.2, 0) is 4.74 Å². The van der Waals surface area contributed by atoms with Crippen LogP contribution in [0, 0.1) is 5.92 Å². The van der Waals surface area contributed by atoms with Gasteiger partial charge in [0.05, 0.1) is 5.60 Å². The maximum absolute atomic E-state index is 6.05. The van der Waals surface area contributed by atoms with Gasteiger partial charge in [0.1, 0.15) is 0 Å². The van der Waals surface area contributed by atoms with Crippen LogP contribution in [0.2, 0.25) is 0 Å². The first-order valence-electron chi connectivity index (χ1n) is 7.75. The number of ether oxygens (including phenoxy) is 1. The van der Waals surface area contributed by atoms with Crippen LogP contribution in [0.3, 0.4) is 0 Å². The molecule has 3 heteroatoms. The molecule has 2 fully saturated rings. The monoisotopic (exact) mass is 271 g/mol. The molecule has 0 aromatic carbocycles. The summed E-state index contributed by atoms with van der Waals surface area (Å²) >= 11 is 2.12. The smallest absolute Gasteiger partial charge is 0.0685 e. The van der Waals surface area contributed by atoms with Gasteiger partial charge in [0, 0.05) is 18.4 Å². The molecule has 0 amide bonds. The molecular weight excluding hydrogens is 242 g/mol. The summed E-state index contributed by atoms with van der Waals surface area (Å²) in [4.78, 5) is 0. The second kappa shape index (κ2) is 7.16. The van der Waals surface area contributed by atoms with Crippen molar-refractivity contribution in [3.05, 3.63) is 0 Å². The number of hydrogen-bond donors (Lipinski definition) is 1. The fourth-order valence-corrected chi connectivity index (χ4v) is 4.41. The van der Waals surface area contributed by atoms with Gasteiger partial charge in [-0.2, -0.15) is 11.8 Å². The summed E-state index contributed by atoms with van der Waals surface area (Å²) < 4.78 is 6.05. The van der Waals surface area contributed by atoms with Crippen molar-refractivity contribution in [3.63, 3.8) is 0 Å². The van der Waals surface area contributed by atoms with Gasteiger partial charge in [0.2, 0.25) is 0 Å². The van der Waals surface area contributed by atoms with E-state index in [0.717, 1.165) is 19.1 Å². The molecule has 1 N–H and O–H groups in total. The zero-order valence-electron chi connectivity index (χ0n) is 12.0. The summed E-state index contributed by atoms with van der Waals surface area (Å²) in [5, 5.41) is 3.72. The summed E-state index contributed by atoms with van der Waals surface area (Å²) in [7, 11) is 0. The Morgan fingerprint density at radius 2 is 2.22 bits per heavy atom. The molecule has 1 spiro atoms. The van der Waals surface area contributed by atoms with Crippen molar-refractivity contribution in [2.45, 2.75) is 64.0 Å². The van der Waals surface area contributed by atoms with E-state index in [9.17, 15) is 0 Å². The summed E-state index contributed by atoms with van der Waals surface area (Å²) in [5.41, 5.74) is 0.298. The van der Waals surface area contributed by atoms with Crippen molar-refractivity contribution < 1.29 is 4.74 Å². The van der Waals surface area contributed by atoms with E-state index in [-0.39, 0.29) is 0 Å². The van der Waals surface area contributed by atoms with E-state index in [1.165, 1.54) is 50.0 Å². The minimum Gasteiger partial charge on any atom is -0.375 e. The van der Waals surface area contributed by atoms with Gasteiger partial charge < -0.3 is 10.1 Å². The fraction of sp³-hybridized carbons (Fsp3) is 1.00. The van der Waals surface area contributed by atoms with Crippen LogP contribution in [0.4, 0.5) is 0 Å². The van der Waals surface area contributed by atoms with Gasteiger partial charge in [-0.3, -0.25) is 0 Å². The van der Waals surface area contributed by atoms with Gasteiger partial charge >= 0.3 is 0 Å². The lowest BCUT2D eigenvalue weighted by molar-refractivity contribution is -0.146. The standard InChI is InChI=1S/C15H29NOS/c1-3-10-18-12-14(16-4-2)13-6-9-17-15(11-13)7-5-8-15/h13-14,16H,3-12H2,1-2H3. The number of rotatable bonds is 7. The van der Waals surface area contributed by atoms with Crippen molar-refractivity contribution >= 4 is 11.8 Å². The SMILES string of the molecule is CCCSCC(NCC)C1CCOC2(CCC2)C1. The first-order valence-corrected chi connectivity index (χ1v) is 8.90. The van der Waals surface area contributed by atoms with Gasteiger partial charge in [-0.05, 0) is 56.7 Å². The summed E-state index contributed by atoms with van der Waals surface area (Å²) in [6.45, 7) is 6.59. The van der Waals surface area contributed by atoms with E-state index in [0.29, 0.717) is 11.6 Å². The van der Waals surface area contributed by atoms with Crippen LogP contribution in [0.25, 0.3) is 0 Å². The second-order valence-corrected chi connectivity index (χ2v) is 7.03. The van der Waals surface area contributed by atoms with E-state index in [1.807, 2.05) is 0 Å². The Hall–Kier alpha value is 0.270. The van der Waals surface area contributed by atoms with Gasteiger partial charge in [-0.1, -0.05) is 13.8 Å². The molecule has 2 atom stereocenters. The molecule has 1 heterocycles. The average molecular weight is 271 g/mol. The highest BCUT2D eigenvalue weighted by Gasteiger charge is 2.44. The van der Waals surface area contributed by atoms with Crippen molar-refractivity contribution in [2.24, 2.45) is 5.92 Å². The molecule has 18 heavy (non-hydrogen) atoms. The summed E-state index contributed by atoms with van der Waals surface area (Å²) in [5.74, 6) is 3.42. The van der Waals surface area contributed by atoms with Crippen LogP contribution in [0.1, 0.15) is 52.4 Å². The molecule has 1 aliphatic heterocycles. The summed E-state index contributed by atoms with van der Waals surface area (Å²) in [6, 6.07) is 0.702. The Labute approximate surface area is 117 Å². The van der Waals surface area contributed by atoms with Crippen LogP contribution in [0.5, 0.6) is 0 Å². The molecule has 1 saturated heterocycles. The average Bonchev–Trinajstić information content (AvgIpc) is 2.36. The highest BCUT2D eigenvalue weighted by atomic mass is 32.2. The Balaban J connectivity index is 1.84. The quantitative estimate of drug-likeness (QED) is 0.717. The predicted molar refractivity (Wildman–Crippen MR) is 80.3 cm³/mol. The highest BCUT2D eigenvalue weighted by Crippen LogP contribution is 2.45. The molecular formula is C15H29NOS. The van der Waals surface area contributed by atoms with Crippen molar-refractivity contribution in [1.82, 2.24) is 5.32 Å². The molecule has 2 rings (SSSR count). The Kier molecular flexibility index (Phi) is 5.84. The molecule has 2 aliphatic rings. The molecule has 0 radical (unpaired) electrons. The molecule has 2 nitrogen and oxygen atoms in total. The largest absolute Gasteiger partial charge is 0.375 e. The zero-order chi connectivity index (χ0) is 12.8. The van der Waals surface area contributed by atoms with Crippen LogP contribution in [0.15, 0.2) is 0 Å². The number of hydrogen-bond acceptors (Lipinski definition) is 3. The predicted octanol–water partition coefficient (Wildman–Crippen LogP) is 3.46. The zero-order valence-corrected chi connectivity index (χ0v) is 12.9. The number of thioether (sulfide) groups is 1. The third-order valence-corrected chi connectivity index (χ3v) is 5.77. The topological polar surface area (TPSA) is 21.3 Å². The van der Waals surface area contributed by atoms with Crippen molar-refractivity contribution in [2.75, 3.05) is 24.7 Å². The molecule has 0 bridgehead atoms. The third-order valence-electron chi connectivity index (χ3n) is 4.48. The Bertz CT molecular complexity index is 243. The van der Waals surface area contributed by atoms with E-state index in [1.54, 1.807) is 0 Å². The number of nitrogens with one attached hydrogen (secondary N) is 1. The van der Waals surface area contributed by atoms with E-state index >= 15 is 0 Å². The van der Waals surface area contributed by atoms with Crippen molar-refractivity contribution in [3.8, 4) is 0 Å². The van der Waals surface area contributed by atoms with E-state index in [2.05, 4.69) is 30.9 Å². The van der Waals surface area contributed by atoms with Gasteiger partial charge in [-0.25, -0.2) is 0 Å². The maximum Gasteiger partial charge on any atom is 0.0685 e. The first kappa shape index (κ1) is 14.7. The van der Waals surface area contributed by atoms with Gasteiger partial charge in [0.15, 0.2) is 0 Å². The highest BCUT2D eigenvalue weighted by molar-refractivity contribution is 7.99. The minimum absolute atomic E-state index is 0.298. The molecule has 0 aromatic rings. The van der Waals surface area contributed by atoms with E-state index in [4.69, 9.17) is 4.74 Å². The van der Waals surface area contributed by atoms with Crippen LogP contribution < -0.4 is 5.32 Å². The Morgan fingerprint density at radius 1 is 1.39 bits per heavy atom. The van der Waals surface area contributed by atoms with Gasteiger partial charge in [-0.15, -0.1) is 0 Å². The summed E-state index contributed by atoms with van der Waals surface area (Å²) in [6.07, 6.45) is 7.85. The maximum atomic E-state index is 6.05. The third kappa shape index (κ3) is 3.64. The Morgan fingerprint density at radius 3 is 2.83 bits per heavy atom. The molecule has 106 valence electrons. The van der Waals surface area contributed by atoms with Crippen LogP contribution >= 0.6 is 11.8 Å². The lowest BCUT2D eigenvalue weighted by atomic mass is 9.70. The molecule has 0 aromatic heterocycles. The normalized spacial score (nSPS) is 28.0. The van der Waals surface area contributed by atoms with Crippen molar-refractivity contribution in [1.29, 1.82) is 0 Å². The fourth-order valence-electron chi connectivity index (χ4n) is 3.31. The van der Waals surface area contributed by atoms with Gasteiger partial charge in [0.25, 0.3) is 0 Å². The first-order chi connectivity index (χ1) is 8.79. The molecule has 2 unspecified atom stereocenters. The molecule has 1 aliphatic carbocycles. The molecule has 1 saturated carbocycles.